The van der Waals surface area contributed by atoms with E-state index in [1.54, 1.807) is 16.8 Å². The highest BCUT2D eigenvalue weighted by Crippen LogP contribution is 2.14. The first kappa shape index (κ1) is 10.7. The lowest BCUT2D eigenvalue weighted by Crippen LogP contribution is -2.17. The van der Waals surface area contributed by atoms with Crippen molar-refractivity contribution in [3.8, 4) is 0 Å². The van der Waals surface area contributed by atoms with Crippen LogP contribution in [-0.2, 0) is 6.54 Å². The van der Waals surface area contributed by atoms with Crippen molar-refractivity contribution in [2.24, 2.45) is 0 Å². The molecule has 0 bridgehead atoms. The highest BCUT2D eigenvalue weighted by Gasteiger charge is 2.13. The van der Waals surface area contributed by atoms with Gasteiger partial charge in [-0.05, 0) is 13.0 Å². The van der Waals surface area contributed by atoms with Crippen LogP contribution in [0.4, 0.5) is 5.95 Å². The molecule has 0 aromatic carbocycles. The number of amides is 1. The Kier molecular flexibility index (Phi) is 2.91. The minimum atomic E-state index is -0.273. The van der Waals surface area contributed by atoms with Gasteiger partial charge in [0.2, 0.25) is 5.95 Å². The number of carbonyl (C=O) groups excluding carboxylic acids is 1. The molecule has 0 radical (unpaired) electrons. The molecule has 84 valence electrons. The van der Waals surface area contributed by atoms with Gasteiger partial charge in [0, 0.05) is 12.7 Å². The van der Waals surface area contributed by atoms with Crippen molar-refractivity contribution in [2.75, 3.05) is 5.32 Å². The van der Waals surface area contributed by atoms with E-state index in [2.05, 4.69) is 20.5 Å². The first-order valence-electron chi connectivity index (χ1n) is 4.73. The number of anilines is 1. The number of halogens is 1. The fraction of sp³-hybridized carbons (Fsp3) is 0.222. The summed E-state index contributed by atoms with van der Waals surface area (Å²) in [5.41, 5.74) is 0.490. The molecule has 2 aromatic heterocycles. The van der Waals surface area contributed by atoms with Gasteiger partial charge in [-0.2, -0.15) is 10.1 Å². The van der Waals surface area contributed by atoms with Crippen molar-refractivity contribution in [2.45, 2.75) is 13.5 Å². The Morgan fingerprint density at radius 3 is 3.12 bits per heavy atom. The van der Waals surface area contributed by atoms with Crippen LogP contribution in [0.3, 0.4) is 0 Å². The molecule has 0 aliphatic rings. The van der Waals surface area contributed by atoms with Gasteiger partial charge in [0.1, 0.15) is 12.0 Å². The fourth-order valence-corrected chi connectivity index (χ4v) is 1.59. The summed E-state index contributed by atoms with van der Waals surface area (Å²) in [5.74, 6) is 0.0375. The van der Waals surface area contributed by atoms with Crippen LogP contribution in [-0.4, -0.2) is 25.7 Å². The highest BCUT2D eigenvalue weighted by atomic mass is 35.5. The van der Waals surface area contributed by atoms with Crippen LogP contribution in [0, 0.1) is 0 Å². The van der Waals surface area contributed by atoms with Crippen LogP contribution in [0.15, 0.2) is 18.6 Å². The van der Waals surface area contributed by atoms with E-state index in [1.807, 2.05) is 6.92 Å². The Bertz CT molecular complexity index is 490. The normalized spacial score (nSPS) is 10.4. The quantitative estimate of drug-likeness (QED) is 0.853. The summed E-state index contributed by atoms with van der Waals surface area (Å²) in [6.45, 7) is 2.60. The maximum Gasteiger partial charge on any atom is 0.274 e. The third-order valence-corrected chi connectivity index (χ3v) is 2.29. The highest BCUT2D eigenvalue weighted by molar-refractivity contribution is 6.31. The van der Waals surface area contributed by atoms with Crippen molar-refractivity contribution >= 4 is 23.5 Å². The van der Waals surface area contributed by atoms with E-state index in [9.17, 15) is 4.79 Å². The van der Waals surface area contributed by atoms with E-state index in [-0.39, 0.29) is 5.91 Å². The number of aromatic nitrogens is 4. The third-order valence-electron chi connectivity index (χ3n) is 2.08. The summed E-state index contributed by atoms with van der Waals surface area (Å²) in [5, 5.41) is 9.29. The van der Waals surface area contributed by atoms with Gasteiger partial charge in [0.15, 0.2) is 0 Å². The summed E-state index contributed by atoms with van der Waals surface area (Å²) < 4.78 is 1.76. The number of hydrogen-bond acceptors (Lipinski definition) is 3. The molecule has 6 nitrogen and oxygen atoms in total. The SMILES string of the molecule is CCn1cc(Cl)cc1C(=O)Nc1ncn[nH]1. The van der Waals surface area contributed by atoms with Gasteiger partial charge in [-0.25, -0.2) is 5.10 Å². The lowest BCUT2D eigenvalue weighted by molar-refractivity contribution is 0.101. The summed E-state index contributed by atoms with van der Waals surface area (Å²) in [7, 11) is 0. The number of nitrogens with zero attached hydrogens (tertiary/aromatic N) is 3. The summed E-state index contributed by atoms with van der Waals surface area (Å²) in [6.07, 6.45) is 3.03. The molecule has 0 saturated heterocycles. The lowest BCUT2D eigenvalue weighted by atomic mass is 10.4. The topological polar surface area (TPSA) is 75.6 Å². The molecular weight excluding hydrogens is 230 g/mol. The van der Waals surface area contributed by atoms with E-state index < -0.39 is 0 Å². The monoisotopic (exact) mass is 239 g/mol. The maximum absolute atomic E-state index is 11.8. The van der Waals surface area contributed by atoms with Gasteiger partial charge in [-0.3, -0.25) is 10.1 Å². The van der Waals surface area contributed by atoms with Crippen molar-refractivity contribution in [1.29, 1.82) is 0 Å². The first-order valence-corrected chi connectivity index (χ1v) is 5.11. The molecule has 2 heterocycles. The van der Waals surface area contributed by atoms with Crippen molar-refractivity contribution in [3.05, 3.63) is 29.3 Å². The van der Waals surface area contributed by atoms with E-state index in [4.69, 9.17) is 11.6 Å². The van der Waals surface area contributed by atoms with Gasteiger partial charge in [-0.15, -0.1) is 0 Å². The van der Waals surface area contributed by atoms with Gasteiger partial charge in [0.05, 0.1) is 5.02 Å². The van der Waals surface area contributed by atoms with Crippen molar-refractivity contribution in [3.63, 3.8) is 0 Å². The molecule has 1 amide bonds. The average Bonchev–Trinajstić information content (AvgIpc) is 2.86. The van der Waals surface area contributed by atoms with Crippen LogP contribution in [0.1, 0.15) is 17.4 Å². The molecule has 0 spiro atoms. The Morgan fingerprint density at radius 2 is 2.50 bits per heavy atom. The Balaban J connectivity index is 2.20. The number of nitrogens with one attached hydrogen (secondary N) is 2. The van der Waals surface area contributed by atoms with Crippen molar-refractivity contribution < 1.29 is 4.79 Å². The summed E-state index contributed by atoms with van der Waals surface area (Å²) in [4.78, 5) is 15.6. The Labute approximate surface area is 96.6 Å². The van der Waals surface area contributed by atoms with E-state index in [0.717, 1.165) is 0 Å². The largest absolute Gasteiger partial charge is 0.342 e. The van der Waals surface area contributed by atoms with Crippen LogP contribution in [0.5, 0.6) is 0 Å². The second-order valence-corrected chi connectivity index (χ2v) is 3.55. The van der Waals surface area contributed by atoms with Gasteiger partial charge in [-0.1, -0.05) is 11.6 Å². The second-order valence-electron chi connectivity index (χ2n) is 3.12. The molecule has 0 fully saturated rings. The lowest BCUT2D eigenvalue weighted by Gasteiger charge is -2.04. The van der Waals surface area contributed by atoms with E-state index in [1.165, 1.54) is 6.33 Å². The molecule has 2 aromatic rings. The van der Waals surface area contributed by atoms with Crippen LogP contribution in [0.25, 0.3) is 0 Å². The smallest absolute Gasteiger partial charge is 0.274 e. The second kappa shape index (κ2) is 4.36. The molecule has 2 N–H and O–H groups in total. The number of aromatic amines is 1. The zero-order valence-electron chi connectivity index (χ0n) is 8.57. The molecule has 7 heteroatoms. The number of rotatable bonds is 3. The minimum Gasteiger partial charge on any atom is -0.342 e. The minimum absolute atomic E-state index is 0.273. The number of hydrogen-bond donors (Lipinski definition) is 2. The van der Waals surface area contributed by atoms with Crippen LogP contribution in [0.2, 0.25) is 5.02 Å². The number of H-pyrrole nitrogens is 1. The molecular formula is C9H10ClN5O. The van der Waals surface area contributed by atoms with Crippen LogP contribution < -0.4 is 5.32 Å². The predicted octanol–water partition coefficient (Wildman–Crippen LogP) is 1.53. The molecule has 0 aliphatic heterocycles. The Hall–Kier alpha value is -1.82. The molecule has 2 rings (SSSR count). The first-order chi connectivity index (χ1) is 7.70. The summed E-state index contributed by atoms with van der Waals surface area (Å²) >= 11 is 5.83. The van der Waals surface area contributed by atoms with E-state index >= 15 is 0 Å². The Morgan fingerprint density at radius 1 is 1.69 bits per heavy atom. The maximum atomic E-state index is 11.8. The van der Waals surface area contributed by atoms with Crippen LogP contribution >= 0.6 is 11.6 Å². The zero-order chi connectivity index (χ0) is 11.5. The van der Waals surface area contributed by atoms with Crippen molar-refractivity contribution in [1.82, 2.24) is 19.7 Å². The average molecular weight is 240 g/mol. The summed E-state index contributed by atoms with van der Waals surface area (Å²) in [6, 6.07) is 1.61. The predicted molar refractivity (Wildman–Crippen MR) is 59.5 cm³/mol. The number of aryl methyl sites for hydroxylation is 1. The molecule has 0 saturated carbocycles. The number of carbonyl (C=O) groups is 1. The molecule has 0 unspecified atom stereocenters. The standard InChI is InChI=1S/C9H10ClN5O/c1-2-15-4-6(10)3-7(15)8(16)13-9-11-5-12-14-9/h3-5H,2H2,1H3,(H2,11,12,13,14,16). The third kappa shape index (κ3) is 2.06. The molecule has 0 atom stereocenters. The van der Waals surface area contributed by atoms with Gasteiger partial charge < -0.3 is 4.57 Å². The fourth-order valence-electron chi connectivity index (χ4n) is 1.36. The van der Waals surface area contributed by atoms with Gasteiger partial charge in [0.25, 0.3) is 5.91 Å². The van der Waals surface area contributed by atoms with E-state index in [0.29, 0.717) is 23.2 Å². The molecule has 0 aliphatic carbocycles. The molecule has 16 heavy (non-hydrogen) atoms. The van der Waals surface area contributed by atoms with Gasteiger partial charge >= 0.3 is 0 Å². The zero-order valence-corrected chi connectivity index (χ0v) is 9.32.